The summed E-state index contributed by atoms with van der Waals surface area (Å²) in [5, 5.41) is 9.65. The third kappa shape index (κ3) is 2.88. The molecule has 3 nitrogen and oxygen atoms in total. The molecule has 4 heteroatoms. The van der Waals surface area contributed by atoms with E-state index in [1.807, 2.05) is 12.1 Å². The van der Waals surface area contributed by atoms with Crippen LogP contribution in [0.25, 0.3) is 0 Å². The monoisotopic (exact) mass is 258 g/mol. The Kier molecular flexibility index (Phi) is 3.96. The first-order valence-electron chi connectivity index (χ1n) is 5.74. The van der Waals surface area contributed by atoms with Crippen LogP contribution in [0.15, 0.2) is 24.4 Å². The largest absolute Gasteiger partial charge is 0.493 e. The van der Waals surface area contributed by atoms with Gasteiger partial charge >= 0.3 is 0 Å². The Morgan fingerprint density at radius 1 is 1.39 bits per heavy atom. The smallest absolute Gasteiger partial charge is 0.124 e. The highest BCUT2D eigenvalue weighted by Gasteiger charge is 2.04. The van der Waals surface area contributed by atoms with Gasteiger partial charge in [0.2, 0.25) is 0 Å². The first-order valence-corrected chi connectivity index (χ1v) is 6.56. The molecule has 0 saturated carbocycles. The van der Waals surface area contributed by atoms with Crippen LogP contribution < -0.4 is 4.74 Å². The van der Waals surface area contributed by atoms with E-state index in [9.17, 15) is 0 Å². The second kappa shape index (κ2) is 5.65. The van der Waals surface area contributed by atoms with E-state index in [2.05, 4.69) is 31.0 Å². The summed E-state index contributed by atoms with van der Waals surface area (Å²) in [5.74, 6) is 0.923. The van der Waals surface area contributed by atoms with Gasteiger partial charge in [-0.3, -0.25) is 0 Å². The Labute approximate surface area is 111 Å². The third-order valence-electron chi connectivity index (χ3n) is 2.79. The number of nitriles is 1. The summed E-state index contributed by atoms with van der Waals surface area (Å²) in [7, 11) is 0. The summed E-state index contributed by atoms with van der Waals surface area (Å²) in [5.41, 5.74) is 2.41. The standard InChI is InChI=1S/C14H14N2OS/c1-10-4-3-5-13(11(10)2)17-7-6-14-16-9-12(8-15)18-14/h3-5,9H,6-7H2,1-2H3. The normalized spacial score (nSPS) is 10.1. The number of hydrogen-bond acceptors (Lipinski definition) is 4. The average Bonchev–Trinajstić information content (AvgIpc) is 2.82. The van der Waals surface area contributed by atoms with Crippen LogP contribution >= 0.6 is 11.3 Å². The highest BCUT2D eigenvalue weighted by atomic mass is 32.1. The maximum atomic E-state index is 8.71. The number of nitrogens with zero attached hydrogens (tertiary/aromatic N) is 2. The molecule has 0 aliphatic rings. The van der Waals surface area contributed by atoms with Gasteiger partial charge in [0.1, 0.15) is 16.7 Å². The first-order chi connectivity index (χ1) is 8.70. The van der Waals surface area contributed by atoms with Crippen LogP contribution in [-0.4, -0.2) is 11.6 Å². The first kappa shape index (κ1) is 12.6. The molecular formula is C14H14N2OS. The molecule has 0 spiro atoms. The van der Waals surface area contributed by atoms with Gasteiger partial charge < -0.3 is 4.74 Å². The van der Waals surface area contributed by atoms with Gasteiger partial charge in [-0.25, -0.2) is 4.98 Å². The van der Waals surface area contributed by atoms with Gasteiger partial charge in [0.25, 0.3) is 0 Å². The van der Waals surface area contributed by atoms with Crippen molar-refractivity contribution in [3.05, 3.63) is 45.4 Å². The van der Waals surface area contributed by atoms with Crippen molar-refractivity contribution in [2.45, 2.75) is 20.3 Å². The van der Waals surface area contributed by atoms with Gasteiger partial charge in [-0.05, 0) is 31.0 Å². The van der Waals surface area contributed by atoms with Gasteiger partial charge in [-0.15, -0.1) is 11.3 Å². The van der Waals surface area contributed by atoms with Crippen LogP contribution in [0.1, 0.15) is 21.0 Å². The summed E-state index contributed by atoms with van der Waals surface area (Å²) in [6, 6.07) is 8.13. The lowest BCUT2D eigenvalue weighted by molar-refractivity contribution is 0.319. The van der Waals surface area contributed by atoms with Gasteiger partial charge in [0.15, 0.2) is 0 Å². The van der Waals surface area contributed by atoms with Gasteiger partial charge in [0, 0.05) is 6.42 Å². The molecular weight excluding hydrogens is 244 g/mol. The van der Waals surface area contributed by atoms with Gasteiger partial charge in [-0.2, -0.15) is 5.26 Å². The number of benzene rings is 1. The molecule has 2 rings (SSSR count). The molecule has 1 aromatic carbocycles. The minimum absolute atomic E-state index is 0.586. The van der Waals surface area contributed by atoms with Crippen molar-refractivity contribution < 1.29 is 4.74 Å². The zero-order chi connectivity index (χ0) is 13.0. The fraction of sp³-hybridized carbons (Fsp3) is 0.286. The van der Waals surface area contributed by atoms with Crippen LogP contribution in [0.4, 0.5) is 0 Å². The Bertz CT molecular complexity index is 584. The van der Waals surface area contributed by atoms with Gasteiger partial charge in [-0.1, -0.05) is 12.1 Å². The maximum Gasteiger partial charge on any atom is 0.124 e. The summed E-state index contributed by atoms with van der Waals surface area (Å²) in [6.07, 6.45) is 2.34. The predicted octanol–water partition coefficient (Wildman–Crippen LogP) is 3.25. The molecule has 2 aromatic rings. The van der Waals surface area contributed by atoms with E-state index in [0.717, 1.165) is 17.2 Å². The summed E-state index contributed by atoms with van der Waals surface area (Å²) in [4.78, 5) is 4.82. The van der Waals surface area contributed by atoms with Gasteiger partial charge in [0.05, 0.1) is 17.8 Å². The molecule has 0 bridgehead atoms. The Morgan fingerprint density at radius 2 is 2.22 bits per heavy atom. The van der Waals surface area contributed by atoms with Crippen LogP contribution in [0.3, 0.4) is 0 Å². The van der Waals surface area contributed by atoms with E-state index >= 15 is 0 Å². The zero-order valence-corrected chi connectivity index (χ0v) is 11.3. The van der Waals surface area contributed by atoms with Crippen LogP contribution in [0.2, 0.25) is 0 Å². The molecule has 1 aromatic heterocycles. The van der Waals surface area contributed by atoms with E-state index < -0.39 is 0 Å². The van der Waals surface area contributed by atoms with Crippen molar-refractivity contribution in [3.8, 4) is 11.8 Å². The Hall–Kier alpha value is -1.86. The molecule has 18 heavy (non-hydrogen) atoms. The molecule has 0 N–H and O–H groups in total. The van der Waals surface area contributed by atoms with Crippen molar-refractivity contribution in [1.29, 1.82) is 5.26 Å². The highest BCUT2D eigenvalue weighted by Crippen LogP contribution is 2.21. The number of ether oxygens (including phenoxy) is 1. The van der Waals surface area contributed by atoms with E-state index in [1.54, 1.807) is 6.20 Å². The molecule has 0 amide bonds. The molecule has 0 fully saturated rings. The number of aryl methyl sites for hydroxylation is 1. The molecule has 0 atom stereocenters. The fourth-order valence-electron chi connectivity index (χ4n) is 1.61. The number of rotatable bonds is 4. The van der Waals surface area contributed by atoms with Crippen molar-refractivity contribution in [1.82, 2.24) is 4.98 Å². The van der Waals surface area contributed by atoms with Crippen LogP contribution in [-0.2, 0) is 6.42 Å². The highest BCUT2D eigenvalue weighted by molar-refractivity contribution is 7.12. The minimum Gasteiger partial charge on any atom is -0.493 e. The van der Waals surface area contributed by atoms with Crippen molar-refractivity contribution >= 4 is 11.3 Å². The maximum absolute atomic E-state index is 8.71. The molecule has 1 heterocycles. The summed E-state index contributed by atoms with van der Waals surface area (Å²) >= 11 is 1.42. The summed E-state index contributed by atoms with van der Waals surface area (Å²) < 4.78 is 5.75. The molecule has 0 saturated heterocycles. The second-order valence-corrected chi connectivity index (χ2v) is 5.14. The average molecular weight is 258 g/mol. The molecule has 0 radical (unpaired) electrons. The second-order valence-electron chi connectivity index (χ2n) is 4.03. The number of thiazole rings is 1. The van der Waals surface area contributed by atoms with Crippen molar-refractivity contribution in [2.24, 2.45) is 0 Å². The molecule has 0 aliphatic heterocycles. The van der Waals surface area contributed by atoms with E-state index in [0.29, 0.717) is 11.5 Å². The number of aromatic nitrogens is 1. The third-order valence-corrected chi connectivity index (χ3v) is 3.75. The molecule has 0 aliphatic carbocycles. The van der Waals surface area contributed by atoms with E-state index in [-0.39, 0.29) is 0 Å². The van der Waals surface area contributed by atoms with E-state index in [1.165, 1.54) is 22.5 Å². The lowest BCUT2D eigenvalue weighted by Gasteiger charge is -2.09. The Morgan fingerprint density at radius 3 is 2.94 bits per heavy atom. The predicted molar refractivity (Wildman–Crippen MR) is 71.9 cm³/mol. The summed E-state index contributed by atoms with van der Waals surface area (Å²) in [6.45, 7) is 4.72. The van der Waals surface area contributed by atoms with Crippen LogP contribution in [0, 0.1) is 25.2 Å². The lowest BCUT2D eigenvalue weighted by atomic mass is 10.1. The number of hydrogen-bond donors (Lipinski definition) is 0. The zero-order valence-electron chi connectivity index (χ0n) is 10.4. The van der Waals surface area contributed by atoms with Crippen molar-refractivity contribution in [2.75, 3.05) is 6.61 Å². The minimum atomic E-state index is 0.586. The fourth-order valence-corrected chi connectivity index (χ4v) is 2.30. The lowest BCUT2D eigenvalue weighted by Crippen LogP contribution is -2.02. The molecule has 92 valence electrons. The topological polar surface area (TPSA) is 45.9 Å². The molecule has 0 unspecified atom stereocenters. The van der Waals surface area contributed by atoms with Crippen molar-refractivity contribution in [3.63, 3.8) is 0 Å². The SMILES string of the molecule is Cc1cccc(OCCc2ncc(C#N)s2)c1C. The van der Waals surface area contributed by atoms with E-state index in [4.69, 9.17) is 10.00 Å². The Balaban J connectivity index is 1.92. The van der Waals surface area contributed by atoms with Crippen LogP contribution in [0.5, 0.6) is 5.75 Å². The quantitative estimate of drug-likeness (QED) is 0.845.